The molecule has 1 aromatic heterocycles. The zero-order valence-electron chi connectivity index (χ0n) is 19.6. The van der Waals surface area contributed by atoms with E-state index in [1.807, 2.05) is 0 Å². The number of carbonyl (C=O) groups excluding carboxylic acids is 4. The van der Waals surface area contributed by atoms with Crippen molar-refractivity contribution >= 4 is 47.3 Å². The van der Waals surface area contributed by atoms with Gasteiger partial charge < -0.3 is 42.6 Å². The van der Waals surface area contributed by atoms with E-state index in [1.165, 1.54) is 24.3 Å². The molecule has 200 valence electrons. The number of hydrogen-bond acceptors (Lipinski definition) is 9. The first-order valence-corrected chi connectivity index (χ1v) is 12.2. The Morgan fingerprint density at radius 2 is 1.61 bits per heavy atom. The van der Waals surface area contributed by atoms with E-state index in [4.69, 9.17) is 16.6 Å². The fourth-order valence-corrected chi connectivity index (χ4v) is 3.45. The van der Waals surface area contributed by atoms with Crippen LogP contribution >= 0.6 is 11.8 Å². The molecule has 1 aromatic rings. The number of carboxylic acids is 2. The summed E-state index contributed by atoms with van der Waals surface area (Å²) in [7, 11) is 0. The molecule has 15 nitrogen and oxygen atoms in total. The smallest absolute Gasteiger partial charge is 0.326 e. The van der Waals surface area contributed by atoms with E-state index in [0.717, 1.165) is 0 Å². The Bertz CT molecular complexity index is 927. The Morgan fingerprint density at radius 1 is 1.00 bits per heavy atom. The molecule has 0 aromatic carbocycles. The number of nitrogens with zero attached hydrogens (tertiary/aromatic N) is 1. The third kappa shape index (κ3) is 11.2. The molecule has 4 atom stereocenters. The van der Waals surface area contributed by atoms with Crippen LogP contribution in [0.15, 0.2) is 12.5 Å². The summed E-state index contributed by atoms with van der Waals surface area (Å²) in [5.41, 5.74) is 11.1. The zero-order valence-corrected chi connectivity index (χ0v) is 20.4. The lowest BCUT2D eigenvalue weighted by molar-refractivity contribution is -0.142. The van der Waals surface area contributed by atoms with Crippen molar-refractivity contribution in [3.8, 4) is 0 Å². The number of aliphatic carboxylic acids is 2. The molecule has 0 radical (unpaired) electrons. The van der Waals surface area contributed by atoms with Crippen LogP contribution in [0.2, 0.25) is 0 Å². The maximum atomic E-state index is 13.1. The second-order valence-electron chi connectivity index (χ2n) is 7.79. The molecule has 1 rings (SSSR count). The van der Waals surface area contributed by atoms with Crippen LogP contribution in [0.25, 0.3) is 0 Å². The average Bonchev–Trinajstić information content (AvgIpc) is 3.30. The summed E-state index contributed by atoms with van der Waals surface area (Å²) in [6.07, 6.45) is 3.43. The van der Waals surface area contributed by atoms with Crippen molar-refractivity contribution in [3.05, 3.63) is 18.2 Å². The minimum Gasteiger partial charge on any atom is -0.481 e. The van der Waals surface area contributed by atoms with Gasteiger partial charge >= 0.3 is 11.9 Å². The third-order valence-corrected chi connectivity index (χ3v) is 5.52. The molecule has 10 N–H and O–H groups in total. The van der Waals surface area contributed by atoms with Crippen molar-refractivity contribution in [1.82, 2.24) is 25.9 Å². The summed E-state index contributed by atoms with van der Waals surface area (Å²) in [5, 5.41) is 25.4. The van der Waals surface area contributed by atoms with Gasteiger partial charge in [-0.1, -0.05) is 0 Å². The van der Waals surface area contributed by atoms with Crippen molar-refractivity contribution in [2.75, 3.05) is 12.0 Å². The Kier molecular flexibility index (Phi) is 13.0. The zero-order chi connectivity index (χ0) is 27.3. The number of carbonyl (C=O) groups is 6. The quantitative estimate of drug-likeness (QED) is 0.103. The number of hydrogen-bond donors (Lipinski definition) is 8. The first kappa shape index (κ1) is 30.4. The number of aromatic nitrogens is 2. The molecule has 0 aliphatic rings. The molecule has 0 saturated carbocycles. The number of aromatic amines is 1. The maximum absolute atomic E-state index is 13.1. The number of nitrogens with one attached hydrogen (secondary N) is 4. The summed E-state index contributed by atoms with van der Waals surface area (Å²) >= 11 is 1.38. The summed E-state index contributed by atoms with van der Waals surface area (Å²) in [5.74, 6) is -5.46. The number of thioether (sulfide) groups is 1. The van der Waals surface area contributed by atoms with Gasteiger partial charge in [-0.25, -0.2) is 9.78 Å². The average molecular weight is 530 g/mol. The molecule has 0 spiro atoms. The molecule has 0 bridgehead atoms. The molecule has 1 heterocycles. The van der Waals surface area contributed by atoms with Gasteiger partial charge in [0.1, 0.15) is 18.1 Å². The van der Waals surface area contributed by atoms with Crippen LogP contribution in [0, 0.1) is 0 Å². The van der Waals surface area contributed by atoms with Crippen LogP contribution in [-0.2, 0) is 35.2 Å². The van der Waals surface area contributed by atoms with E-state index in [-0.39, 0.29) is 25.7 Å². The fourth-order valence-electron chi connectivity index (χ4n) is 2.98. The van der Waals surface area contributed by atoms with Crippen LogP contribution in [0.3, 0.4) is 0 Å². The minimum atomic E-state index is -1.42. The van der Waals surface area contributed by atoms with E-state index in [1.54, 1.807) is 6.26 Å². The van der Waals surface area contributed by atoms with Gasteiger partial charge in [-0.05, 0) is 24.9 Å². The topological polar surface area (TPSA) is 260 Å². The first-order chi connectivity index (χ1) is 16.9. The van der Waals surface area contributed by atoms with Crippen molar-refractivity contribution < 1.29 is 39.0 Å². The van der Waals surface area contributed by atoms with Crippen LogP contribution in [-0.4, -0.2) is 91.9 Å². The highest BCUT2D eigenvalue weighted by atomic mass is 32.2. The fraction of sp³-hybridized carbons (Fsp3) is 0.550. The largest absolute Gasteiger partial charge is 0.481 e. The van der Waals surface area contributed by atoms with Gasteiger partial charge in [-0.2, -0.15) is 11.8 Å². The van der Waals surface area contributed by atoms with E-state index >= 15 is 0 Å². The SMILES string of the molecule is CSCCC(NC(=O)C(Cc1cnc[nH]1)NC(=O)C(N)CC(=O)O)C(=O)NC(CCC(N)=O)C(=O)O. The van der Waals surface area contributed by atoms with Crippen molar-refractivity contribution in [1.29, 1.82) is 0 Å². The van der Waals surface area contributed by atoms with E-state index in [0.29, 0.717) is 11.4 Å². The van der Waals surface area contributed by atoms with Gasteiger partial charge in [0.15, 0.2) is 0 Å². The number of nitrogens with two attached hydrogens (primary N) is 2. The number of rotatable bonds is 17. The lowest BCUT2D eigenvalue weighted by atomic mass is 10.1. The standard InChI is InChI=1S/C20H31N7O8S/c1-36-5-4-12(18(32)26-13(20(34)35)2-3-15(22)28)25-19(33)14(6-10-8-23-9-24-10)27-17(31)11(21)7-16(29)30/h8-9,11-14H,2-7,21H2,1H3,(H2,22,28)(H,23,24)(H,25,33)(H,26,32)(H,27,31)(H,29,30)(H,34,35). The highest BCUT2D eigenvalue weighted by Crippen LogP contribution is 2.06. The van der Waals surface area contributed by atoms with Gasteiger partial charge in [-0.3, -0.25) is 24.0 Å². The molecule has 4 unspecified atom stereocenters. The number of amides is 4. The normalized spacial score (nSPS) is 14.1. The molecule has 4 amide bonds. The molecular formula is C20H31N7O8S. The summed E-state index contributed by atoms with van der Waals surface area (Å²) in [4.78, 5) is 78.3. The Hall–Kier alpha value is -3.66. The van der Waals surface area contributed by atoms with E-state index in [2.05, 4.69) is 25.9 Å². The lowest BCUT2D eigenvalue weighted by Gasteiger charge is -2.25. The molecular weight excluding hydrogens is 498 g/mol. The Balaban J connectivity index is 3.03. The maximum Gasteiger partial charge on any atom is 0.326 e. The predicted octanol–water partition coefficient (Wildman–Crippen LogP) is -2.69. The van der Waals surface area contributed by atoms with Crippen LogP contribution in [0.5, 0.6) is 0 Å². The Morgan fingerprint density at radius 3 is 2.14 bits per heavy atom. The number of imidazole rings is 1. The molecule has 16 heteroatoms. The summed E-state index contributed by atoms with van der Waals surface area (Å²) in [6, 6.07) is -5.26. The van der Waals surface area contributed by atoms with E-state index in [9.17, 15) is 33.9 Å². The monoisotopic (exact) mass is 529 g/mol. The van der Waals surface area contributed by atoms with Crippen molar-refractivity contribution in [2.45, 2.75) is 56.3 Å². The predicted molar refractivity (Wildman–Crippen MR) is 127 cm³/mol. The molecule has 0 aliphatic carbocycles. The second-order valence-corrected chi connectivity index (χ2v) is 8.78. The van der Waals surface area contributed by atoms with Gasteiger partial charge in [0.2, 0.25) is 23.6 Å². The minimum absolute atomic E-state index is 0.0788. The Labute approximate surface area is 210 Å². The second kappa shape index (κ2) is 15.4. The van der Waals surface area contributed by atoms with Crippen LogP contribution < -0.4 is 27.4 Å². The van der Waals surface area contributed by atoms with Gasteiger partial charge in [0, 0.05) is 24.7 Å². The van der Waals surface area contributed by atoms with Gasteiger partial charge in [0.05, 0.1) is 18.8 Å². The van der Waals surface area contributed by atoms with Crippen molar-refractivity contribution in [3.63, 3.8) is 0 Å². The highest BCUT2D eigenvalue weighted by Gasteiger charge is 2.31. The van der Waals surface area contributed by atoms with Crippen LogP contribution in [0.4, 0.5) is 0 Å². The number of primary amides is 1. The lowest BCUT2D eigenvalue weighted by Crippen LogP contribution is -2.58. The third-order valence-electron chi connectivity index (χ3n) is 4.88. The molecule has 0 aliphatic heterocycles. The van der Waals surface area contributed by atoms with Gasteiger partial charge in [-0.15, -0.1) is 0 Å². The molecule has 0 saturated heterocycles. The van der Waals surface area contributed by atoms with Crippen molar-refractivity contribution in [2.24, 2.45) is 11.5 Å². The summed E-state index contributed by atoms with van der Waals surface area (Å²) < 4.78 is 0. The number of carboxylic acid groups (broad SMARTS) is 2. The summed E-state index contributed by atoms with van der Waals surface area (Å²) in [6.45, 7) is 0. The first-order valence-electron chi connectivity index (χ1n) is 10.8. The number of H-pyrrole nitrogens is 1. The van der Waals surface area contributed by atoms with Crippen LogP contribution in [0.1, 0.15) is 31.4 Å². The van der Waals surface area contributed by atoms with Gasteiger partial charge in [0.25, 0.3) is 0 Å². The molecule has 36 heavy (non-hydrogen) atoms. The van der Waals surface area contributed by atoms with E-state index < -0.39 is 66.2 Å². The highest BCUT2D eigenvalue weighted by molar-refractivity contribution is 7.98. The molecule has 0 fully saturated rings.